The van der Waals surface area contributed by atoms with Gasteiger partial charge in [0.15, 0.2) is 0 Å². The van der Waals surface area contributed by atoms with Crippen molar-refractivity contribution < 1.29 is 0 Å². The molecule has 0 spiro atoms. The molecular formula is C12H20N6. The molecule has 18 heavy (non-hydrogen) atoms. The molecule has 0 bridgehead atoms. The lowest BCUT2D eigenvalue weighted by Crippen LogP contribution is -2.24. The molecule has 6 nitrogen and oxygen atoms in total. The zero-order valence-corrected chi connectivity index (χ0v) is 11.2. The molecule has 6 heteroatoms. The van der Waals surface area contributed by atoms with Crippen LogP contribution in [0.15, 0.2) is 18.7 Å². The Balaban J connectivity index is 1.93. The quantitative estimate of drug-likeness (QED) is 0.819. The fourth-order valence-electron chi connectivity index (χ4n) is 1.75. The Morgan fingerprint density at radius 2 is 2.11 bits per heavy atom. The molecule has 2 aromatic rings. The Bertz CT molecular complexity index is 484. The first-order valence-electron chi connectivity index (χ1n) is 6.23. The van der Waals surface area contributed by atoms with Gasteiger partial charge in [-0.25, -0.2) is 14.6 Å². The molecule has 0 aliphatic heterocycles. The summed E-state index contributed by atoms with van der Waals surface area (Å²) in [4.78, 5) is 8.58. The van der Waals surface area contributed by atoms with Crippen LogP contribution in [-0.2, 0) is 26.6 Å². The second kappa shape index (κ2) is 5.77. The molecule has 0 saturated heterocycles. The topological polar surface area (TPSA) is 60.6 Å². The van der Waals surface area contributed by atoms with Gasteiger partial charge in [0, 0.05) is 31.9 Å². The molecule has 1 N–H and O–H groups in total. The first-order chi connectivity index (χ1) is 8.66. The van der Waals surface area contributed by atoms with Crippen LogP contribution in [0.2, 0.25) is 0 Å². The maximum Gasteiger partial charge on any atom is 0.140 e. The van der Waals surface area contributed by atoms with E-state index in [1.54, 1.807) is 6.33 Å². The van der Waals surface area contributed by atoms with Gasteiger partial charge in [-0.15, -0.1) is 0 Å². The highest BCUT2D eigenvalue weighted by Crippen LogP contribution is 2.00. The van der Waals surface area contributed by atoms with Crippen LogP contribution in [0.4, 0.5) is 0 Å². The number of nitrogens with one attached hydrogen (secondary N) is 1. The molecule has 0 saturated carbocycles. The van der Waals surface area contributed by atoms with E-state index in [0.29, 0.717) is 6.04 Å². The van der Waals surface area contributed by atoms with E-state index < -0.39 is 0 Å². The van der Waals surface area contributed by atoms with Gasteiger partial charge in [-0.2, -0.15) is 5.10 Å². The molecule has 0 unspecified atom stereocenters. The van der Waals surface area contributed by atoms with E-state index in [9.17, 15) is 0 Å². The standard InChI is InChI=1S/C12H20N6/c1-10(2)14-8-12-15-9-16-18(12)6-4-11-13-5-7-17(11)3/h5,7,9-10,14H,4,6,8H2,1-3H3. The van der Waals surface area contributed by atoms with Crippen molar-refractivity contribution >= 4 is 0 Å². The molecule has 0 amide bonds. The minimum atomic E-state index is 0.449. The van der Waals surface area contributed by atoms with Gasteiger partial charge in [-0.05, 0) is 0 Å². The Morgan fingerprint density at radius 3 is 2.78 bits per heavy atom. The number of imidazole rings is 1. The third-order valence-electron chi connectivity index (χ3n) is 2.83. The largest absolute Gasteiger partial charge is 0.338 e. The van der Waals surface area contributed by atoms with E-state index in [4.69, 9.17) is 0 Å². The van der Waals surface area contributed by atoms with Crippen molar-refractivity contribution in [2.24, 2.45) is 7.05 Å². The van der Waals surface area contributed by atoms with Crippen LogP contribution < -0.4 is 5.32 Å². The minimum Gasteiger partial charge on any atom is -0.338 e. The third-order valence-corrected chi connectivity index (χ3v) is 2.83. The summed E-state index contributed by atoms with van der Waals surface area (Å²) in [6.07, 6.45) is 6.24. The normalized spacial score (nSPS) is 11.3. The monoisotopic (exact) mass is 248 g/mol. The van der Waals surface area contributed by atoms with Gasteiger partial charge in [-0.3, -0.25) is 0 Å². The third kappa shape index (κ3) is 3.16. The molecule has 0 aromatic carbocycles. The molecule has 2 rings (SSSR count). The fourth-order valence-corrected chi connectivity index (χ4v) is 1.75. The predicted octanol–water partition coefficient (Wildman–Crippen LogP) is 0.752. The summed E-state index contributed by atoms with van der Waals surface area (Å²) in [7, 11) is 2.00. The number of hydrogen-bond donors (Lipinski definition) is 1. The molecule has 2 heterocycles. The van der Waals surface area contributed by atoms with E-state index in [2.05, 4.69) is 34.2 Å². The van der Waals surface area contributed by atoms with Crippen LogP contribution in [0.1, 0.15) is 25.5 Å². The van der Waals surface area contributed by atoms with E-state index in [1.165, 1.54) is 0 Å². The smallest absolute Gasteiger partial charge is 0.140 e. The number of aromatic nitrogens is 5. The predicted molar refractivity (Wildman–Crippen MR) is 68.9 cm³/mol. The van der Waals surface area contributed by atoms with Crippen LogP contribution in [0, 0.1) is 0 Å². The van der Waals surface area contributed by atoms with Crippen molar-refractivity contribution in [2.45, 2.75) is 39.4 Å². The van der Waals surface area contributed by atoms with Crippen molar-refractivity contribution in [1.29, 1.82) is 0 Å². The lowest BCUT2D eigenvalue weighted by Gasteiger charge is -2.09. The van der Waals surface area contributed by atoms with Crippen LogP contribution in [0.25, 0.3) is 0 Å². The van der Waals surface area contributed by atoms with Crippen molar-refractivity contribution in [3.05, 3.63) is 30.4 Å². The fraction of sp³-hybridized carbons (Fsp3) is 0.583. The Kier molecular flexibility index (Phi) is 4.09. The summed E-state index contributed by atoms with van der Waals surface area (Å²) < 4.78 is 3.97. The lowest BCUT2D eigenvalue weighted by molar-refractivity contribution is 0.513. The summed E-state index contributed by atoms with van der Waals surface area (Å²) in [5, 5.41) is 7.60. The highest BCUT2D eigenvalue weighted by molar-refractivity contribution is 4.92. The molecule has 98 valence electrons. The van der Waals surface area contributed by atoms with Gasteiger partial charge < -0.3 is 9.88 Å². The van der Waals surface area contributed by atoms with Crippen LogP contribution >= 0.6 is 0 Å². The number of nitrogens with zero attached hydrogens (tertiary/aromatic N) is 5. The van der Waals surface area contributed by atoms with Crippen molar-refractivity contribution in [3.63, 3.8) is 0 Å². The Morgan fingerprint density at radius 1 is 1.28 bits per heavy atom. The van der Waals surface area contributed by atoms with Crippen LogP contribution in [-0.4, -0.2) is 30.4 Å². The molecule has 0 aliphatic carbocycles. The molecule has 0 atom stereocenters. The van der Waals surface area contributed by atoms with E-state index in [-0.39, 0.29) is 0 Å². The number of rotatable bonds is 6. The van der Waals surface area contributed by atoms with Gasteiger partial charge in [0.2, 0.25) is 0 Å². The minimum absolute atomic E-state index is 0.449. The van der Waals surface area contributed by atoms with Crippen molar-refractivity contribution in [3.8, 4) is 0 Å². The van der Waals surface area contributed by atoms with Gasteiger partial charge in [-0.1, -0.05) is 13.8 Å². The second-order valence-electron chi connectivity index (χ2n) is 4.64. The first kappa shape index (κ1) is 12.8. The van der Waals surface area contributed by atoms with Crippen LogP contribution in [0.3, 0.4) is 0 Å². The number of aryl methyl sites for hydroxylation is 3. The summed E-state index contributed by atoms with van der Waals surface area (Å²) in [6.45, 7) is 5.79. The molecule has 2 aromatic heterocycles. The molecular weight excluding hydrogens is 228 g/mol. The first-order valence-corrected chi connectivity index (χ1v) is 6.23. The van der Waals surface area contributed by atoms with Crippen molar-refractivity contribution in [2.75, 3.05) is 0 Å². The van der Waals surface area contributed by atoms with Crippen molar-refractivity contribution in [1.82, 2.24) is 29.6 Å². The lowest BCUT2D eigenvalue weighted by atomic mass is 10.3. The van der Waals surface area contributed by atoms with Gasteiger partial charge in [0.1, 0.15) is 18.0 Å². The zero-order valence-electron chi connectivity index (χ0n) is 11.2. The highest BCUT2D eigenvalue weighted by Gasteiger charge is 2.06. The summed E-state index contributed by atoms with van der Waals surface area (Å²) >= 11 is 0. The Hall–Kier alpha value is -1.69. The Labute approximate surface area is 107 Å². The van der Waals surface area contributed by atoms with E-state index >= 15 is 0 Å². The summed E-state index contributed by atoms with van der Waals surface area (Å²) in [5.74, 6) is 2.03. The van der Waals surface area contributed by atoms with E-state index in [0.717, 1.165) is 31.2 Å². The SMILES string of the molecule is CC(C)NCc1ncnn1CCc1nccn1C. The van der Waals surface area contributed by atoms with Gasteiger partial charge >= 0.3 is 0 Å². The van der Waals surface area contributed by atoms with Gasteiger partial charge in [0.05, 0.1) is 13.1 Å². The average molecular weight is 248 g/mol. The number of hydrogen-bond acceptors (Lipinski definition) is 4. The molecule has 0 fully saturated rings. The van der Waals surface area contributed by atoms with Gasteiger partial charge in [0.25, 0.3) is 0 Å². The molecule has 0 aliphatic rings. The maximum atomic E-state index is 4.30. The average Bonchev–Trinajstić information content (AvgIpc) is 2.92. The van der Waals surface area contributed by atoms with E-state index in [1.807, 2.05) is 28.7 Å². The summed E-state index contributed by atoms with van der Waals surface area (Å²) in [5.41, 5.74) is 0. The molecule has 0 radical (unpaired) electrons. The summed E-state index contributed by atoms with van der Waals surface area (Å²) in [6, 6.07) is 0.449. The highest BCUT2D eigenvalue weighted by atomic mass is 15.3. The zero-order chi connectivity index (χ0) is 13.0. The van der Waals surface area contributed by atoms with Crippen LogP contribution in [0.5, 0.6) is 0 Å². The second-order valence-corrected chi connectivity index (χ2v) is 4.64. The maximum absolute atomic E-state index is 4.30.